The van der Waals surface area contributed by atoms with Gasteiger partial charge in [-0.15, -0.1) is 0 Å². The number of benzene rings is 2. The summed E-state index contributed by atoms with van der Waals surface area (Å²) in [5, 5.41) is 1.23. The summed E-state index contributed by atoms with van der Waals surface area (Å²) in [7, 11) is 1.87. The Kier molecular flexibility index (Phi) is 5.32. The molecule has 1 nitrogen and oxygen atoms in total. The fourth-order valence-corrected chi connectivity index (χ4v) is 3.25. The van der Waals surface area contributed by atoms with Crippen molar-refractivity contribution in [3.63, 3.8) is 0 Å². The minimum Gasteiger partial charge on any atom is -1.00 e. The molecule has 110 valence electrons. The summed E-state index contributed by atoms with van der Waals surface area (Å²) < 4.78 is 0. The van der Waals surface area contributed by atoms with Crippen molar-refractivity contribution in [1.82, 2.24) is 0 Å². The van der Waals surface area contributed by atoms with E-state index in [0.29, 0.717) is 16.0 Å². The molecule has 1 aliphatic rings. The predicted molar refractivity (Wildman–Crippen MR) is 86.4 cm³/mol. The molecule has 0 heterocycles. The van der Waals surface area contributed by atoms with E-state index in [1.807, 2.05) is 19.2 Å². The number of aliphatic imine (C=N–C) groups is 1. The number of nitrogens with zero attached hydrogens (tertiary/aromatic N) is 1. The zero-order valence-corrected chi connectivity index (χ0v) is 13.9. The molecule has 4 heteroatoms. The van der Waals surface area contributed by atoms with Gasteiger partial charge in [-0.05, 0) is 41.7 Å². The predicted octanol–water partition coefficient (Wildman–Crippen LogP) is 2.34. The zero-order valence-electron chi connectivity index (χ0n) is 11.6. The standard InChI is InChI=1S/C17H15Cl2N.ClH/c1-20-17-9-7-12(13-4-2-3-5-14(13)17)11-6-8-15(18)16(19)10-11;/h2-6,8,10,12H,7,9H2,1H3;1H/p-1. The van der Waals surface area contributed by atoms with E-state index in [1.54, 1.807) is 0 Å². The summed E-state index contributed by atoms with van der Waals surface area (Å²) >= 11 is 12.2. The first-order valence-corrected chi connectivity index (χ1v) is 7.46. The SMILES string of the molecule is CN=C1CCC(c2ccc(Cl)c(Cl)c2)c2ccccc21.[Cl-]. The summed E-state index contributed by atoms with van der Waals surface area (Å²) in [6, 6.07) is 14.4. The van der Waals surface area contributed by atoms with Gasteiger partial charge in [0.2, 0.25) is 0 Å². The lowest BCUT2D eigenvalue weighted by Crippen LogP contribution is -3.00. The average Bonchev–Trinajstić information content (AvgIpc) is 2.49. The maximum absolute atomic E-state index is 6.16. The minimum absolute atomic E-state index is 0. The van der Waals surface area contributed by atoms with E-state index in [2.05, 4.69) is 35.3 Å². The Morgan fingerprint density at radius 2 is 1.81 bits per heavy atom. The molecule has 2 aromatic carbocycles. The van der Waals surface area contributed by atoms with Crippen molar-refractivity contribution in [3.8, 4) is 0 Å². The molecule has 21 heavy (non-hydrogen) atoms. The zero-order chi connectivity index (χ0) is 14.1. The van der Waals surface area contributed by atoms with Gasteiger partial charge < -0.3 is 12.4 Å². The van der Waals surface area contributed by atoms with Crippen LogP contribution in [0.3, 0.4) is 0 Å². The van der Waals surface area contributed by atoms with Gasteiger partial charge in [-0.2, -0.15) is 0 Å². The molecule has 2 aromatic rings. The van der Waals surface area contributed by atoms with Gasteiger partial charge in [-0.1, -0.05) is 53.5 Å². The van der Waals surface area contributed by atoms with Crippen molar-refractivity contribution < 1.29 is 12.4 Å². The number of hydrogen-bond acceptors (Lipinski definition) is 1. The fourth-order valence-electron chi connectivity index (χ4n) is 2.94. The van der Waals surface area contributed by atoms with Crippen LogP contribution in [0.2, 0.25) is 10.0 Å². The van der Waals surface area contributed by atoms with Crippen LogP contribution in [0.1, 0.15) is 35.4 Å². The molecule has 0 saturated carbocycles. The second-order valence-corrected chi connectivity index (χ2v) is 5.84. The minimum atomic E-state index is 0. The normalized spacial score (nSPS) is 19.0. The molecule has 0 spiro atoms. The molecule has 1 unspecified atom stereocenters. The van der Waals surface area contributed by atoms with Crippen LogP contribution >= 0.6 is 23.2 Å². The fraction of sp³-hybridized carbons (Fsp3) is 0.235. The van der Waals surface area contributed by atoms with Crippen molar-refractivity contribution in [2.24, 2.45) is 4.99 Å². The van der Waals surface area contributed by atoms with Crippen LogP contribution in [0.4, 0.5) is 0 Å². The van der Waals surface area contributed by atoms with Crippen LogP contribution < -0.4 is 12.4 Å². The summed E-state index contributed by atoms with van der Waals surface area (Å²) in [6.07, 6.45) is 2.06. The Hall–Kier alpha value is -1.02. The van der Waals surface area contributed by atoms with E-state index >= 15 is 0 Å². The Morgan fingerprint density at radius 3 is 2.52 bits per heavy atom. The van der Waals surface area contributed by atoms with E-state index in [0.717, 1.165) is 12.8 Å². The van der Waals surface area contributed by atoms with Crippen LogP contribution in [0.15, 0.2) is 47.5 Å². The first-order valence-electron chi connectivity index (χ1n) is 6.70. The van der Waals surface area contributed by atoms with Crippen LogP contribution in [-0.2, 0) is 0 Å². The van der Waals surface area contributed by atoms with Gasteiger partial charge in [0.25, 0.3) is 0 Å². The number of rotatable bonds is 1. The number of halogens is 3. The largest absolute Gasteiger partial charge is 1.00 e. The second kappa shape index (κ2) is 6.83. The van der Waals surface area contributed by atoms with Crippen LogP contribution in [0, 0.1) is 0 Å². The molecule has 0 aliphatic heterocycles. The maximum Gasteiger partial charge on any atom is 0.0595 e. The maximum atomic E-state index is 6.16. The molecule has 0 saturated heterocycles. The highest BCUT2D eigenvalue weighted by atomic mass is 35.5. The lowest BCUT2D eigenvalue weighted by atomic mass is 9.78. The molecular formula is C17H15Cl3N-. The Labute approximate surface area is 141 Å². The third-order valence-electron chi connectivity index (χ3n) is 3.93. The second-order valence-electron chi connectivity index (χ2n) is 5.02. The molecular weight excluding hydrogens is 325 g/mol. The monoisotopic (exact) mass is 338 g/mol. The van der Waals surface area contributed by atoms with Gasteiger partial charge in [0.1, 0.15) is 0 Å². The van der Waals surface area contributed by atoms with Gasteiger partial charge >= 0.3 is 0 Å². The van der Waals surface area contributed by atoms with E-state index in [-0.39, 0.29) is 12.4 Å². The Balaban J connectivity index is 0.00000161. The van der Waals surface area contributed by atoms with Crippen LogP contribution in [0.5, 0.6) is 0 Å². The van der Waals surface area contributed by atoms with Gasteiger partial charge in [0, 0.05) is 18.7 Å². The van der Waals surface area contributed by atoms with Crippen molar-refractivity contribution in [1.29, 1.82) is 0 Å². The molecule has 0 fully saturated rings. The van der Waals surface area contributed by atoms with Gasteiger partial charge in [0.05, 0.1) is 10.0 Å². The van der Waals surface area contributed by atoms with Crippen LogP contribution in [-0.4, -0.2) is 12.8 Å². The van der Waals surface area contributed by atoms with E-state index < -0.39 is 0 Å². The van der Waals surface area contributed by atoms with E-state index in [4.69, 9.17) is 23.2 Å². The van der Waals surface area contributed by atoms with Gasteiger partial charge in [-0.25, -0.2) is 0 Å². The molecule has 1 atom stereocenters. The molecule has 0 bridgehead atoms. The highest BCUT2D eigenvalue weighted by Gasteiger charge is 2.25. The van der Waals surface area contributed by atoms with E-state index in [1.165, 1.54) is 22.4 Å². The third kappa shape index (κ3) is 3.11. The summed E-state index contributed by atoms with van der Waals surface area (Å²) in [5.74, 6) is 0.367. The molecule has 1 aliphatic carbocycles. The molecule has 0 aromatic heterocycles. The van der Waals surface area contributed by atoms with Crippen molar-refractivity contribution >= 4 is 28.9 Å². The topological polar surface area (TPSA) is 12.4 Å². The molecule has 3 rings (SSSR count). The lowest BCUT2D eigenvalue weighted by Gasteiger charge is -2.27. The van der Waals surface area contributed by atoms with E-state index in [9.17, 15) is 0 Å². The van der Waals surface area contributed by atoms with Crippen molar-refractivity contribution in [3.05, 3.63) is 69.2 Å². The Morgan fingerprint density at radius 1 is 1.05 bits per heavy atom. The summed E-state index contributed by atoms with van der Waals surface area (Å²) in [6.45, 7) is 0. The molecule has 0 radical (unpaired) electrons. The highest BCUT2D eigenvalue weighted by molar-refractivity contribution is 6.42. The smallest absolute Gasteiger partial charge is 0.0595 e. The quantitative estimate of drug-likeness (QED) is 0.756. The molecule has 0 amide bonds. The third-order valence-corrected chi connectivity index (χ3v) is 4.67. The summed E-state index contributed by atoms with van der Waals surface area (Å²) in [5.41, 5.74) is 5.01. The first kappa shape index (κ1) is 16.4. The summed E-state index contributed by atoms with van der Waals surface area (Å²) in [4.78, 5) is 4.42. The van der Waals surface area contributed by atoms with Crippen LogP contribution in [0.25, 0.3) is 0 Å². The van der Waals surface area contributed by atoms with Crippen molar-refractivity contribution in [2.75, 3.05) is 7.05 Å². The number of hydrogen-bond donors (Lipinski definition) is 0. The first-order chi connectivity index (χ1) is 9.70. The average molecular weight is 340 g/mol. The van der Waals surface area contributed by atoms with Gasteiger partial charge in [-0.3, -0.25) is 4.99 Å². The number of fused-ring (bicyclic) bond motifs is 1. The van der Waals surface area contributed by atoms with Crippen molar-refractivity contribution in [2.45, 2.75) is 18.8 Å². The Bertz CT molecular complexity index is 679. The highest BCUT2D eigenvalue weighted by Crippen LogP contribution is 2.38. The molecule has 0 N–H and O–H groups in total. The van der Waals surface area contributed by atoms with Gasteiger partial charge in [0.15, 0.2) is 0 Å². The lowest BCUT2D eigenvalue weighted by molar-refractivity contribution is -0.00000382.